The molecule has 2 aliphatic heterocycles. The van der Waals surface area contributed by atoms with Crippen LogP contribution >= 0.6 is 0 Å². The highest BCUT2D eigenvalue weighted by Crippen LogP contribution is 2.24. The quantitative estimate of drug-likeness (QED) is 0.603. The Morgan fingerprint density at radius 2 is 2.17 bits per heavy atom. The van der Waals surface area contributed by atoms with Crippen LogP contribution in [0.5, 0.6) is 0 Å². The molecule has 2 aliphatic rings. The van der Waals surface area contributed by atoms with E-state index in [0.717, 1.165) is 56.8 Å². The second-order valence-electron chi connectivity index (χ2n) is 9.74. The molecule has 0 saturated carbocycles. The Morgan fingerprint density at radius 3 is 2.90 bits per heavy atom. The number of rotatable bonds is 8. The van der Waals surface area contributed by atoms with E-state index in [1.807, 2.05) is 0 Å². The SMILES string of the molecule is CC(C)(C)C(=O)NC(CCN1CCC(CCc2ccc3c(n2)NCCC3)C1)C(=O)O. The predicted octanol–water partition coefficient (Wildman–Crippen LogP) is 2.70. The maximum Gasteiger partial charge on any atom is 0.326 e. The summed E-state index contributed by atoms with van der Waals surface area (Å²) in [7, 11) is 0. The number of carboxylic acid groups (broad SMARTS) is 1. The van der Waals surface area contributed by atoms with Crippen molar-refractivity contribution in [3.63, 3.8) is 0 Å². The maximum absolute atomic E-state index is 12.1. The molecular formula is C23H36N4O3. The Balaban J connectivity index is 1.42. The Kier molecular flexibility index (Phi) is 7.34. The number of likely N-dealkylation sites (tertiary alicyclic amines) is 1. The monoisotopic (exact) mass is 416 g/mol. The van der Waals surface area contributed by atoms with Gasteiger partial charge in [-0.3, -0.25) is 4.79 Å². The van der Waals surface area contributed by atoms with Crippen molar-refractivity contribution in [2.24, 2.45) is 11.3 Å². The normalized spacial score (nSPS) is 20.3. The van der Waals surface area contributed by atoms with E-state index in [1.165, 1.54) is 12.0 Å². The van der Waals surface area contributed by atoms with Gasteiger partial charge in [-0.15, -0.1) is 0 Å². The third kappa shape index (κ3) is 6.17. The zero-order valence-corrected chi connectivity index (χ0v) is 18.5. The van der Waals surface area contributed by atoms with Crippen molar-refractivity contribution in [2.75, 3.05) is 31.5 Å². The number of aliphatic carboxylic acids is 1. The molecule has 166 valence electrons. The lowest BCUT2D eigenvalue weighted by molar-refractivity contribution is -0.143. The summed E-state index contributed by atoms with van der Waals surface area (Å²) in [6.07, 6.45) is 5.94. The minimum Gasteiger partial charge on any atom is -0.480 e. The van der Waals surface area contributed by atoms with E-state index in [1.54, 1.807) is 20.8 Å². The van der Waals surface area contributed by atoms with Crippen LogP contribution in [0.25, 0.3) is 0 Å². The highest BCUT2D eigenvalue weighted by atomic mass is 16.4. The van der Waals surface area contributed by atoms with Crippen LogP contribution < -0.4 is 10.6 Å². The molecule has 1 aromatic heterocycles. The van der Waals surface area contributed by atoms with Crippen molar-refractivity contribution in [3.05, 3.63) is 23.4 Å². The molecule has 0 aromatic carbocycles. The molecule has 0 spiro atoms. The molecule has 2 atom stereocenters. The van der Waals surface area contributed by atoms with Crippen molar-refractivity contribution < 1.29 is 14.7 Å². The highest BCUT2D eigenvalue weighted by Gasteiger charge is 2.29. The third-order valence-corrected chi connectivity index (χ3v) is 6.15. The molecule has 3 rings (SSSR count). The van der Waals surface area contributed by atoms with Crippen molar-refractivity contribution in [1.82, 2.24) is 15.2 Å². The summed E-state index contributed by atoms with van der Waals surface area (Å²) < 4.78 is 0. The number of nitrogens with zero attached hydrogens (tertiary/aromatic N) is 2. The van der Waals surface area contributed by atoms with Crippen LogP contribution in [0.3, 0.4) is 0 Å². The first-order valence-electron chi connectivity index (χ1n) is 11.2. The number of hydrogen-bond acceptors (Lipinski definition) is 5. The second-order valence-corrected chi connectivity index (χ2v) is 9.74. The molecule has 7 nitrogen and oxygen atoms in total. The number of carbonyl (C=O) groups excluding carboxylic acids is 1. The molecule has 30 heavy (non-hydrogen) atoms. The molecule has 0 aliphatic carbocycles. The van der Waals surface area contributed by atoms with Crippen LogP contribution in [0.15, 0.2) is 12.1 Å². The predicted molar refractivity (Wildman–Crippen MR) is 118 cm³/mol. The molecule has 3 heterocycles. The van der Waals surface area contributed by atoms with Gasteiger partial charge in [-0.2, -0.15) is 0 Å². The fourth-order valence-electron chi connectivity index (χ4n) is 4.16. The standard InChI is InChI=1S/C23H36N4O3/c1-23(2,3)22(30)26-19(21(28)29)11-14-27-13-10-16(15-27)6-8-18-9-7-17-5-4-12-24-20(17)25-18/h7,9,16,19H,4-6,8,10-15H2,1-3H3,(H,24,25)(H,26,30)(H,28,29). The van der Waals surface area contributed by atoms with Crippen molar-refractivity contribution >= 4 is 17.7 Å². The molecule has 1 saturated heterocycles. The van der Waals surface area contributed by atoms with Gasteiger partial charge in [0.25, 0.3) is 0 Å². The number of aryl methyl sites for hydroxylation is 2. The number of nitrogens with one attached hydrogen (secondary N) is 2. The van der Waals surface area contributed by atoms with E-state index in [9.17, 15) is 14.7 Å². The van der Waals surface area contributed by atoms with Crippen LogP contribution in [-0.2, 0) is 22.4 Å². The van der Waals surface area contributed by atoms with E-state index in [4.69, 9.17) is 4.98 Å². The lowest BCUT2D eigenvalue weighted by Gasteiger charge is -2.24. The first-order valence-corrected chi connectivity index (χ1v) is 11.2. The first kappa shape index (κ1) is 22.5. The number of carboxylic acids is 1. The van der Waals surface area contributed by atoms with E-state index in [2.05, 4.69) is 27.7 Å². The summed E-state index contributed by atoms with van der Waals surface area (Å²) in [5.41, 5.74) is 1.88. The van der Waals surface area contributed by atoms with Crippen LogP contribution in [0.2, 0.25) is 0 Å². The summed E-state index contributed by atoms with van der Waals surface area (Å²) in [6.45, 7) is 9.05. The van der Waals surface area contributed by atoms with Gasteiger partial charge in [0.1, 0.15) is 11.9 Å². The molecular weight excluding hydrogens is 380 g/mol. The second kappa shape index (κ2) is 9.77. The Morgan fingerprint density at radius 1 is 1.37 bits per heavy atom. The summed E-state index contributed by atoms with van der Waals surface area (Å²) in [4.78, 5) is 30.8. The summed E-state index contributed by atoms with van der Waals surface area (Å²) in [5.74, 6) is 0.490. The van der Waals surface area contributed by atoms with Gasteiger partial charge in [0, 0.05) is 30.7 Å². The molecule has 1 fully saturated rings. The Bertz CT molecular complexity index is 759. The highest BCUT2D eigenvalue weighted by molar-refractivity contribution is 5.86. The number of carbonyl (C=O) groups is 2. The fraction of sp³-hybridized carbons (Fsp3) is 0.696. The van der Waals surface area contributed by atoms with Crippen molar-refractivity contribution in [3.8, 4) is 0 Å². The minimum absolute atomic E-state index is 0.221. The number of hydrogen-bond donors (Lipinski definition) is 3. The van der Waals surface area contributed by atoms with Crippen molar-refractivity contribution in [2.45, 2.75) is 65.3 Å². The molecule has 7 heteroatoms. The summed E-state index contributed by atoms with van der Waals surface area (Å²) in [5, 5.41) is 15.5. The van der Waals surface area contributed by atoms with Crippen LogP contribution in [0.4, 0.5) is 5.82 Å². The van der Waals surface area contributed by atoms with Gasteiger partial charge < -0.3 is 20.6 Å². The Hall–Kier alpha value is -2.15. The number of amides is 1. The number of fused-ring (bicyclic) bond motifs is 1. The van der Waals surface area contributed by atoms with E-state index in [-0.39, 0.29) is 5.91 Å². The van der Waals surface area contributed by atoms with Crippen LogP contribution in [0, 0.1) is 11.3 Å². The summed E-state index contributed by atoms with van der Waals surface area (Å²) in [6, 6.07) is 3.54. The zero-order valence-electron chi connectivity index (χ0n) is 18.5. The number of aromatic nitrogens is 1. The molecule has 3 N–H and O–H groups in total. The van der Waals surface area contributed by atoms with Gasteiger partial charge in [-0.05, 0) is 62.6 Å². The summed E-state index contributed by atoms with van der Waals surface area (Å²) >= 11 is 0. The first-order chi connectivity index (χ1) is 14.2. The number of anilines is 1. The van der Waals surface area contributed by atoms with Crippen LogP contribution in [-0.4, -0.2) is 59.1 Å². The van der Waals surface area contributed by atoms with E-state index < -0.39 is 17.4 Å². The topological polar surface area (TPSA) is 94.6 Å². The van der Waals surface area contributed by atoms with Gasteiger partial charge in [0.2, 0.25) is 5.91 Å². The largest absolute Gasteiger partial charge is 0.480 e. The molecule has 0 radical (unpaired) electrons. The molecule has 0 bridgehead atoms. The molecule has 1 aromatic rings. The van der Waals surface area contributed by atoms with Gasteiger partial charge in [0.05, 0.1) is 0 Å². The fourth-order valence-corrected chi connectivity index (χ4v) is 4.16. The van der Waals surface area contributed by atoms with E-state index in [0.29, 0.717) is 18.9 Å². The van der Waals surface area contributed by atoms with Crippen LogP contribution in [0.1, 0.15) is 57.7 Å². The smallest absolute Gasteiger partial charge is 0.326 e. The maximum atomic E-state index is 12.1. The van der Waals surface area contributed by atoms with Gasteiger partial charge in [-0.25, -0.2) is 9.78 Å². The van der Waals surface area contributed by atoms with Gasteiger partial charge in [0.15, 0.2) is 0 Å². The molecule has 2 unspecified atom stereocenters. The lowest BCUT2D eigenvalue weighted by atomic mass is 9.95. The third-order valence-electron chi connectivity index (χ3n) is 6.15. The lowest BCUT2D eigenvalue weighted by Crippen LogP contribution is -2.47. The van der Waals surface area contributed by atoms with Gasteiger partial charge in [-0.1, -0.05) is 26.8 Å². The van der Waals surface area contributed by atoms with E-state index >= 15 is 0 Å². The minimum atomic E-state index is -0.963. The average molecular weight is 417 g/mol. The van der Waals surface area contributed by atoms with Crippen molar-refractivity contribution in [1.29, 1.82) is 0 Å². The van der Waals surface area contributed by atoms with Gasteiger partial charge >= 0.3 is 5.97 Å². The average Bonchev–Trinajstić information content (AvgIpc) is 3.16. The zero-order chi connectivity index (χ0) is 21.7. The number of pyridine rings is 1. The Labute approximate surface area is 179 Å². The molecule has 1 amide bonds.